The summed E-state index contributed by atoms with van der Waals surface area (Å²) < 4.78 is 12.3. The summed E-state index contributed by atoms with van der Waals surface area (Å²) in [5, 5.41) is 16.3. The Kier molecular flexibility index (Phi) is 4.20. The summed E-state index contributed by atoms with van der Waals surface area (Å²) in [6.45, 7) is 0. The van der Waals surface area contributed by atoms with Gasteiger partial charge in [-0.25, -0.2) is 9.18 Å². The van der Waals surface area contributed by atoms with Gasteiger partial charge in [-0.3, -0.25) is 4.79 Å². The topological polar surface area (TPSA) is 101 Å². The Labute approximate surface area is 68.0 Å². The first-order valence-corrected chi connectivity index (χ1v) is 3.30. The van der Waals surface area contributed by atoms with Gasteiger partial charge in [0.25, 0.3) is 0 Å². The molecule has 0 saturated carbocycles. The van der Waals surface area contributed by atoms with Crippen LogP contribution in [0.5, 0.6) is 0 Å². The molecule has 0 fully saturated rings. The van der Waals surface area contributed by atoms with Crippen LogP contribution in [-0.2, 0) is 9.59 Å². The Morgan fingerprint density at radius 1 is 1.25 bits per heavy atom. The van der Waals surface area contributed by atoms with E-state index in [4.69, 9.17) is 15.9 Å². The van der Waals surface area contributed by atoms with Gasteiger partial charge in [0, 0.05) is 0 Å². The summed E-state index contributed by atoms with van der Waals surface area (Å²) in [7, 11) is 0. The Balaban J connectivity index is 3.68. The molecule has 70 valence electrons. The lowest BCUT2D eigenvalue weighted by Gasteiger charge is -2.06. The quantitative estimate of drug-likeness (QED) is 0.533. The van der Waals surface area contributed by atoms with E-state index in [1.165, 1.54) is 0 Å². The van der Waals surface area contributed by atoms with Crippen molar-refractivity contribution in [1.29, 1.82) is 0 Å². The number of carboxylic acids is 2. The second kappa shape index (κ2) is 4.66. The van der Waals surface area contributed by atoms with Crippen molar-refractivity contribution in [1.82, 2.24) is 0 Å². The molecule has 0 aromatic rings. The smallest absolute Gasteiger partial charge is 0.338 e. The van der Waals surface area contributed by atoms with E-state index in [0.717, 1.165) is 0 Å². The predicted octanol–water partition coefficient (Wildman–Crippen LogP) is -0.399. The van der Waals surface area contributed by atoms with Gasteiger partial charge in [0.2, 0.25) is 0 Å². The van der Waals surface area contributed by atoms with Gasteiger partial charge in [-0.1, -0.05) is 0 Å². The van der Waals surface area contributed by atoms with Crippen LogP contribution in [0.15, 0.2) is 0 Å². The maximum atomic E-state index is 12.3. The molecule has 5 nitrogen and oxygen atoms in total. The summed E-state index contributed by atoms with van der Waals surface area (Å²) in [6, 6.07) is -1.19. The summed E-state index contributed by atoms with van der Waals surface area (Å²) in [5.74, 6) is -2.85. The highest BCUT2D eigenvalue weighted by Gasteiger charge is 2.19. The number of rotatable bonds is 5. The van der Waals surface area contributed by atoms with Crippen molar-refractivity contribution in [3.05, 3.63) is 0 Å². The van der Waals surface area contributed by atoms with Gasteiger partial charge >= 0.3 is 11.9 Å². The summed E-state index contributed by atoms with van der Waals surface area (Å²) in [6.07, 6.45) is -2.58. The molecule has 4 N–H and O–H groups in total. The molecule has 0 spiro atoms. The molecule has 0 aliphatic carbocycles. The Bertz CT molecular complexity index is 164. The van der Waals surface area contributed by atoms with Crippen LogP contribution in [0.1, 0.15) is 12.8 Å². The van der Waals surface area contributed by atoms with E-state index >= 15 is 0 Å². The van der Waals surface area contributed by atoms with E-state index in [1.54, 1.807) is 0 Å². The molecule has 2 unspecified atom stereocenters. The van der Waals surface area contributed by atoms with Crippen molar-refractivity contribution in [3.8, 4) is 0 Å². The highest BCUT2D eigenvalue weighted by molar-refractivity contribution is 5.74. The maximum absolute atomic E-state index is 12.3. The van der Waals surface area contributed by atoms with Crippen LogP contribution in [0.4, 0.5) is 4.39 Å². The zero-order valence-corrected chi connectivity index (χ0v) is 6.24. The van der Waals surface area contributed by atoms with Crippen LogP contribution in [0.2, 0.25) is 0 Å². The van der Waals surface area contributed by atoms with Gasteiger partial charge in [-0.2, -0.15) is 0 Å². The molecule has 0 heterocycles. The minimum absolute atomic E-state index is 0.178. The van der Waals surface area contributed by atoms with Gasteiger partial charge in [-0.15, -0.1) is 0 Å². The van der Waals surface area contributed by atoms with Crippen molar-refractivity contribution >= 4 is 11.9 Å². The number of carboxylic acid groups (broad SMARTS) is 2. The van der Waals surface area contributed by atoms with Crippen molar-refractivity contribution in [2.24, 2.45) is 5.73 Å². The van der Waals surface area contributed by atoms with Crippen LogP contribution in [-0.4, -0.2) is 34.4 Å². The fourth-order valence-corrected chi connectivity index (χ4v) is 0.573. The largest absolute Gasteiger partial charge is 0.480 e. The number of halogens is 1. The standard InChI is InChI=1S/C6H10FNO4/c7-3(5(9)10)1-2-4(8)6(11)12/h3-4H,1-2,8H2,(H,9,10)(H,11,12). The highest BCUT2D eigenvalue weighted by Crippen LogP contribution is 2.04. The minimum atomic E-state index is -2.03. The van der Waals surface area contributed by atoms with E-state index < -0.39 is 24.2 Å². The number of carbonyl (C=O) groups is 2. The highest BCUT2D eigenvalue weighted by atomic mass is 19.1. The molecule has 0 aliphatic rings. The van der Waals surface area contributed by atoms with Gasteiger partial charge in [0.1, 0.15) is 6.04 Å². The SMILES string of the molecule is NC(CCC(F)C(=O)O)C(=O)O. The molecule has 0 bridgehead atoms. The van der Waals surface area contributed by atoms with E-state index in [0.29, 0.717) is 0 Å². The third-order valence-corrected chi connectivity index (χ3v) is 1.32. The maximum Gasteiger partial charge on any atom is 0.338 e. The van der Waals surface area contributed by atoms with Gasteiger partial charge in [0.05, 0.1) is 0 Å². The Morgan fingerprint density at radius 3 is 2.08 bits per heavy atom. The van der Waals surface area contributed by atoms with E-state index in [9.17, 15) is 14.0 Å². The lowest BCUT2D eigenvalue weighted by molar-refractivity contribution is -0.144. The zero-order chi connectivity index (χ0) is 9.72. The van der Waals surface area contributed by atoms with Crippen LogP contribution in [0.3, 0.4) is 0 Å². The minimum Gasteiger partial charge on any atom is -0.480 e. The second-order valence-electron chi connectivity index (χ2n) is 2.33. The molecule has 0 aromatic carbocycles. The van der Waals surface area contributed by atoms with E-state index in [1.807, 2.05) is 0 Å². The summed E-state index contributed by atoms with van der Waals surface area (Å²) in [4.78, 5) is 20.0. The third-order valence-electron chi connectivity index (χ3n) is 1.32. The summed E-state index contributed by atoms with van der Waals surface area (Å²) >= 11 is 0. The summed E-state index contributed by atoms with van der Waals surface area (Å²) in [5.41, 5.74) is 5.01. The van der Waals surface area contributed by atoms with Crippen molar-refractivity contribution in [2.45, 2.75) is 25.1 Å². The van der Waals surface area contributed by atoms with Gasteiger partial charge < -0.3 is 15.9 Å². The molecule has 6 heteroatoms. The van der Waals surface area contributed by atoms with Crippen LogP contribution in [0.25, 0.3) is 0 Å². The monoisotopic (exact) mass is 179 g/mol. The van der Waals surface area contributed by atoms with Gasteiger partial charge in [-0.05, 0) is 12.8 Å². The molecule has 0 radical (unpaired) electrons. The fourth-order valence-electron chi connectivity index (χ4n) is 0.573. The molecule has 0 aromatic heterocycles. The van der Waals surface area contributed by atoms with Crippen molar-refractivity contribution in [3.63, 3.8) is 0 Å². The average molecular weight is 179 g/mol. The molecular weight excluding hydrogens is 169 g/mol. The second-order valence-corrected chi connectivity index (χ2v) is 2.33. The van der Waals surface area contributed by atoms with E-state index in [-0.39, 0.29) is 12.8 Å². The lowest BCUT2D eigenvalue weighted by atomic mass is 10.1. The average Bonchev–Trinajstić information content (AvgIpc) is 1.98. The first kappa shape index (κ1) is 10.8. The molecule has 12 heavy (non-hydrogen) atoms. The normalized spacial score (nSPS) is 15.2. The number of nitrogens with two attached hydrogens (primary N) is 1. The van der Waals surface area contributed by atoms with Crippen molar-refractivity contribution in [2.75, 3.05) is 0 Å². The Hall–Kier alpha value is -1.17. The third kappa shape index (κ3) is 3.87. The number of alkyl halides is 1. The molecule has 2 atom stereocenters. The number of hydrogen-bond acceptors (Lipinski definition) is 3. The zero-order valence-electron chi connectivity index (χ0n) is 6.24. The number of aliphatic carboxylic acids is 2. The van der Waals surface area contributed by atoms with Crippen molar-refractivity contribution < 1.29 is 24.2 Å². The molecular formula is C6H10FNO4. The molecule has 0 aliphatic heterocycles. The van der Waals surface area contributed by atoms with Gasteiger partial charge in [0.15, 0.2) is 6.17 Å². The van der Waals surface area contributed by atoms with Crippen LogP contribution >= 0.6 is 0 Å². The molecule has 0 amide bonds. The van der Waals surface area contributed by atoms with E-state index in [2.05, 4.69) is 0 Å². The first-order valence-electron chi connectivity index (χ1n) is 3.30. The Morgan fingerprint density at radius 2 is 1.75 bits per heavy atom. The lowest BCUT2D eigenvalue weighted by Crippen LogP contribution is -2.31. The van der Waals surface area contributed by atoms with Crippen LogP contribution in [0, 0.1) is 0 Å². The predicted molar refractivity (Wildman–Crippen MR) is 37.4 cm³/mol. The number of hydrogen-bond donors (Lipinski definition) is 3. The molecule has 0 rings (SSSR count). The molecule has 0 saturated heterocycles. The van der Waals surface area contributed by atoms with Crippen LogP contribution < -0.4 is 5.73 Å². The first-order chi connectivity index (χ1) is 5.45. The fraction of sp³-hybridized carbons (Fsp3) is 0.667.